The number of allylic oxidation sites excluding steroid dienone is 1. The number of aryl methyl sites for hydroxylation is 1. The number of halogens is 1. The largest absolute Gasteiger partial charge is 0.298 e. The second-order valence-corrected chi connectivity index (χ2v) is 3.42. The van der Waals surface area contributed by atoms with Crippen LogP contribution in [0.5, 0.6) is 0 Å². The molecule has 0 aliphatic carbocycles. The van der Waals surface area contributed by atoms with Crippen LogP contribution >= 0.6 is 11.6 Å². The third-order valence-electron chi connectivity index (χ3n) is 1.78. The van der Waals surface area contributed by atoms with E-state index in [0.29, 0.717) is 5.57 Å². The molecule has 68 valence electrons. The van der Waals surface area contributed by atoms with E-state index >= 15 is 0 Å². The summed E-state index contributed by atoms with van der Waals surface area (Å²) < 4.78 is 0. The maximum atomic E-state index is 10.4. The Morgan fingerprint density at radius 1 is 1.46 bits per heavy atom. The van der Waals surface area contributed by atoms with Gasteiger partial charge in [0.15, 0.2) is 0 Å². The van der Waals surface area contributed by atoms with Gasteiger partial charge in [-0.15, -0.1) is 0 Å². The maximum Gasteiger partial charge on any atom is 0.145 e. The molecule has 1 rings (SSSR count). The number of benzene rings is 1. The van der Waals surface area contributed by atoms with Gasteiger partial charge in [0.05, 0.1) is 0 Å². The first kappa shape index (κ1) is 10.0. The van der Waals surface area contributed by atoms with Crippen LogP contribution < -0.4 is 0 Å². The van der Waals surface area contributed by atoms with Crippen LogP contribution in [-0.4, -0.2) is 6.29 Å². The first-order valence-electron chi connectivity index (χ1n) is 4.03. The fourth-order valence-electron chi connectivity index (χ4n) is 0.996. The van der Waals surface area contributed by atoms with Gasteiger partial charge in [0.25, 0.3) is 0 Å². The standard InChI is InChI=1S/C11H11ClO/c1-8(7-13)5-10-4-3-9(2)11(12)6-10/h3-7H,1-2H3/b8-5-. The number of rotatable bonds is 2. The predicted octanol–water partition coefficient (Wildman–Crippen LogP) is 3.25. The molecule has 0 atom stereocenters. The molecular weight excluding hydrogens is 184 g/mol. The first-order chi connectivity index (χ1) is 6.13. The van der Waals surface area contributed by atoms with Crippen molar-refractivity contribution in [3.63, 3.8) is 0 Å². The van der Waals surface area contributed by atoms with E-state index in [1.807, 2.05) is 25.1 Å². The van der Waals surface area contributed by atoms with Crippen molar-refractivity contribution in [2.24, 2.45) is 0 Å². The van der Waals surface area contributed by atoms with E-state index in [0.717, 1.165) is 22.4 Å². The Bertz CT molecular complexity index is 353. The van der Waals surface area contributed by atoms with E-state index in [-0.39, 0.29) is 0 Å². The average Bonchev–Trinajstić information content (AvgIpc) is 2.11. The summed E-state index contributed by atoms with van der Waals surface area (Å²) in [5.74, 6) is 0. The van der Waals surface area contributed by atoms with Crippen LogP contribution in [0.4, 0.5) is 0 Å². The Labute approximate surface area is 83.0 Å². The molecule has 0 N–H and O–H groups in total. The van der Waals surface area contributed by atoms with Crippen molar-refractivity contribution in [2.45, 2.75) is 13.8 Å². The van der Waals surface area contributed by atoms with Gasteiger partial charge in [-0.25, -0.2) is 0 Å². The highest BCUT2D eigenvalue weighted by Gasteiger charge is 1.95. The van der Waals surface area contributed by atoms with E-state index in [1.54, 1.807) is 13.0 Å². The lowest BCUT2D eigenvalue weighted by molar-refractivity contribution is -0.104. The molecule has 0 aliphatic rings. The molecule has 0 spiro atoms. The minimum atomic E-state index is 0.694. The van der Waals surface area contributed by atoms with E-state index < -0.39 is 0 Å². The Morgan fingerprint density at radius 2 is 2.15 bits per heavy atom. The third kappa shape index (κ3) is 2.71. The van der Waals surface area contributed by atoms with Crippen molar-refractivity contribution < 1.29 is 4.79 Å². The number of carbonyl (C=O) groups excluding carboxylic acids is 1. The summed E-state index contributed by atoms with van der Waals surface area (Å²) >= 11 is 5.92. The topological polar surface area (TPSA) is 17.1 Å². The molecule has 0 fully saturated rings. The highest BCUT2D eigenvalue weighted by atomic mass is 35.5. The summed E-state index contributed by atoms with van der Waals surface area (Å²) in [6.45, 7) is 3.71. The second kappa shape index (κ2) is 4.24. The summed E-state index contributed by atoms with van der Waals surface area (Å²) in [4.78, 5) is 10.4. The molecule has 0 saturated heterocycles. The first-order valence-corrected chi connectivity index (χ1v) is 4.41. The van der Waals surface area contributed by atoms with Gasteiger partial charge in [-0.1, -0.05) is 23.7 Å². The average molecular weight is 195 g/mol. The molecule has 1 nitrogen and oxygen atoms in total. The summed E-state index contributed by atoms with van der Waals surface area (Å²) in [6.07, 6.45) is 2.63. The van der Waals surface area contributed by atoms with Gasteiger partial charge in [0.2, 0.25) is 0 Å². The molecule has 0 heterocycles. The van der Waals surface area contributed by atoms with E-state index in [4.69, 9.17) is 11.6 Å². The fourth-order valence-corrected chi connectivity index (χ4v) is 1.18. The molecule has 0 saturated carbocycles. The number of carbonyl (C=O) groups is 1. The lowest BCUT2D eigenvalue weighted by Gasteiger charge is -1.99. The molecule has 0 aliphatic heterocycles. The van der Waals surface area contributed by atoms with E-state index in [2.05, 4.69) is 0 Å². The number of aldehydes is 1. The number of hydrogen-bond acceptors (Lipinski definition) is 1. The van der Waals surface area contributed by atoms with E-state index in [1.165, 1.54) is 0 Å². The molecular formula is C11H11ClO. The molecule has 0 radical (unpaired) electrons. The van der Waals surface area contributed by atoms with Gasteiger partial charge in [-0.3, -0.25) is 4.79 Å². The molecule has 1 aromatic carbocycles. The minimum Gasteiger partial charge on any atom is -0.298 e. The Balaban J connectivity index is 3.04. The summed E-state index contributed by atoms with van der Waals surface area (Å²) in [7, 11) is 0. The van der Waals surface area contributed by atoms with Gasteiger partial charge in [0, 0.05) is 5.02 Å². The highest BCUT2D eigenvalue weighted by Crippen LogP contribution is 2.18. The van der Waals surface area contributed by atoms with Gasteiger partial charge in [-0.2, -0.15) is 0 Å². The molecule has 1 aromatic rings. The van der Waals surface area contributed by atoms with Crippen molar-refractivity contribution >= 4 is 24.0 Å². The lowest BCUT2D eigenvalue weighted by Crippen LogP contribution is -1.80. The van der Waals surface area contributed by atoms with Gasteiger partial charge < -0.3 is 0 Å². The Morgan fingerprint density at radius 3 is 2.69 bits per heavy atom. The van der Waals surface area contributed by atoms with Crippen LogP contribution in [0.2, 0.25) is 5.02 Å². The molecule has 13 heavy (non-hydrogen) atoms. The number of hydrogen-bond donors (Lipinski definition) is 0. The highest BCUT2D eigenvalue weighted by molar-refractivity contribution is 6.31. The van der Waals surface area contributed by atoms with Crippen molar-refractivity contribution in [1.29, 1.82) is 0 Å². The zero-order chi connectivity index (χ0) is 9.84. The van der Waals surface area contributed by atoms with Crippen LogP contribution in [0.15, 0.2) is 23.8 Å². The minimum absolute atomic E-state index is 0.694. The SMILES string of the molecule is C/C(C=O)=C/c1ccc(C)c(Cl)c1. The zero-order valence-corrected chi connectivity index (χ0v) is 8.43. The van der Waals surface area contributed by atoms with Crippen LogP contribution in [0.1, 0.15) is 18.1 Å². The quantitative estimate of drug-likeness (QED) is 0.522. The van der Waals surface area contributed by atoms with Gasteiger partial charge >= 0.3 is 0 Å². The van der Waals surface area contributed by atoms with Crippen molar-refractivity contribution in [3.8, 4) is 0 Å². The molecule has 0 aromatic heterocycles. The predicted molar refractivity (Wildman–Crippen MR) is 55.9 cm³/mol. The molecule has 0 unspecified atom stereocenters. The Hall–Kier alpha value is -1.08. The fraction of sp³-hybridized carbons (Fsp3) is 0.182. The van der Waals surface area contributed by atoms with Crippen LogP contribution in [0.3, 0.4) is 0 Å². The van der Waals surface area contributed by atoms with Crippen molar-refractivity contribution in [1.82, 2.24) is 0 Å². The molecule has 0 bridgehead atoms. The zero-order valence-electron chi connectivity index (χ0n) is 7.67. The van der Waals surface area contributed by atoms with Gasteiger partial charge in [-0.05, 0) is 42.7 Å². The van der Waals surface area contributed by atoms with Crippen molar-refractivity contribution in [3.05, 3.63) is 39.9 Å². The maximum absolute atomic E-state index is 10.4. The molecule has 2 heteroatoms. The summed E-state index contributed by atoms with van der Waals surface area (Å²) in [6, 6.07) is 5.73. The van der Waals surface area contributed by atoms with Crippen LogP contribution in [0, 0.1) is 6.92 Å². The van der Waals surface area contributed by atoms with Crippen molar-refractivity contribution in [2.75, 3.05) is 0 Å². The smallest absolute Gasteiger partial charge is 0.145 e. The summed E-state index contributed by atoms with van der Waals surface area (Å²) in [5, 5.41) is 0.729. The van der Waals surface area contributed by atoms with Crippen LogP contribution in [0.25, 0.3) is 6.08 Å². The normalized spacial score (nSPS) is 11.5. The summed E-state index contributed by atoms with van der Waals surface area (Å²) in [5.41, 5.74) is 2.70. The van der Waals surface area contributed by atoms with E-state index in [9.17, 15) is 4.79 Å². The monoisotopic (exact) mass is 194 g/mol. The lowest BCUT2D eigenvalue weighted by atomic mass is 10.1. The van der Waals surface area contributed by atoms with Gasteiger partial charge in [0.1, 0.15) is 6.29 Å². The second-order valence-electron chi connectivity index (χ2n) is 3.01. The molecule has 0 amide bonds. The Kier molecular flexibility index (Phi) is 3.26. The third-order valence-corrected chi connectivity index (χ3v) is 2.18. The van der Waals surface area contributed by atoms with Crippen LogP contribution in [-0.2, 0) is 4.79 Å².